The van der Waals surface area contributed by atoms with E-state index in [0.29, 0.717) is 5.69 Å². The second-order valence-corrected chi connectivity index (χ2v) is 7.81. The lowest BCUT2D eigenvalue weighted by atomic mass is 10.1. The van der Waals surface area contributed by atoms with Crippen LogP contribution in [-0.2, 0) is 14.6 Å². The van der Waals surface area contributed by atoms with Crippen LogP contribution in [0, 0.1) is 12.7 Å². The number of benzene rings is 1. The Morgan fingerprint density at radius 3 is 2.52 bits per heavy atom. The van der Waals surface area contributed by atoms with E-state index < -0.39 is 32.1 Å². The maximum absolute atomic E-state index is 13.8. The number of aryl methyl sites for hydroxylation is 1. The summed E-state index contributed by atoms with van der Waals surface area (Å²) in [6, 6.07) is 7.07. The van der Waals surface area contributed by atoms with Crippen molar-refractivity contribution in [3.63, 3.8) is 0 Å². The minimum Gasteiger partial charge on any atom is -0.338 e. The SMILES string of the molecule is Cc1cc(NC(=O)[C@H](C)S(=O)(=O)[C@@H](C)c2ccccc2F)on1. The van der Waals surface area contributed by atoms with Crippen molar-refractivity contribution in [2.24, 2.45) is 0 Å². The number of nitrogens with zero attached hydrogens (tertiary/aromatic N) is 1. The number of nitrogens with one attached hydrogen (secondary N) is 1. The highest BCUT2D eigenvalue weighted by Crippen LogP contribution is 2.28. The first-order chi connectivity index (χ1) is 10.7. The Kier molecular flexibility index (Phi) is 4.84. The first kappa shape index (κ1) is 17.1. The Labute approximate surface area is 133 Å². The van der Waals surface area contributed by atoms with Gasteiger partial charge in [-0.05, 0) is 26.8 Å². The molecule has 8 heteroatoms. The van der Waals surface area contributed by atoms with Gasteiger partial charge in [-0.15, -0.1) is 0 Å². The molecule has 0 aliphatic rings. The number of amides is 1. The van der Waals surface area contributed by atoms with Crippen molar-refractivity contribution in [3.8, 4) is 0 Å². The molecule has 1 aromatic carbocycles. The largest absolute Gasteiger partial charge is 0.338 e. The monoisotopic (exact) mass is 340 g/mol. The number of halogens is 1. The Bertz CT molecular complexity index is 816. The molecule has 0 aliphatic carbocycles. The Morgan fingerprint density at radius 2 is 1.96 bits per heavy atom. The van der Waals surface area contributed by atoms with Gasteiger partial charge in [-0.3, -0.25) is 10.1 Å². The lowest BCUT2D eigenvalue weighted by Gasteiger charge is -2.18. The summed E-state index contributed by atoms with van der Waals surface area (Å²) in [5.41, 5.74) is 0.582. The van der Waals surface area contributed by atoms with Crippen molar-refractivity contribution in [2.45, 2.75) is 31.3 Å². The van der Waals surface area contributed by atoms with Crippen molar-refractivity contribution < 1.29 is 22.1 Å². The molecule has 0 unspecified atom stereocenters. The van der Waals surface area contributed by atoms with Crippen molar-refractivity contribution in [1.82, 2.24) is 5.16 Å². The Hall–Kier alpha value is -2.22. The van der Waals surface area contributed by atoms with Gasteiger partial charge in [0.1, 0.15) is 11.1 Å². The van der Waals surface area contributed by atoms with Gasteiger partial charge in [-0.25, -0.2) is 12.8 Å². The molecule has 0 fully saturated rings. The number of carbonyl (C=O) groups is 1. The molecule has 0 saturated heterocycles. The van der Waals surface area contributed by atoms with E-state index in [-0.39, 0.29) is 11.4 Å². The van der Waals surface area contributed by atoms with Crippen molar-refractivity contribution in [1.29, 1.82) is 0 Å². The summed E-state index contributed by atoms with van der Waals surface area (Å²) < 4.78 is 43.7. The maximum Gasteiger partial charge on any atom is 0.244 e. The van der Waals surface area contributed by atoms with Crippen LogP contribution in [-0.4, -0.2) is 24.7 Å². The van der Waals surface area contributed by atoms with Crippen LogP contribution in [0.5, 0.6) is 0 Å². The summed E-state index contributed by atoms with van der Waals surface area (Å²) in [5.74, 6) is -1.32. The van der Waals surface area contributed by atoms with Gasteiger partial charge in [0.2, 0.25) is 11.8 Å². The molecule has 0 saturated carbocycles. The fraction of sp³-hybridized carbons (Fsp3) is 0.333. The quantitative estimate of drug-likeness (QED) is 0.904. The van der Waals surface area contributed by atoms with Gasteiger partial charge in [0.25, 0.3) is 0 Å². The molecular weight excluding hydrogens is 323 g/mol. The highest BCUT2D eigenvalue weighted by molar-refractivity contribution is 7.93. The lowest BCUT2D eigenvalue weighted by molar-refractivity contribution is -0.115. The van der Waals surface area contributed by atoms with E-state index >= 15 is 0 Å². The summed E-state index contributed by atoms with van der Waals surface area (Å²) >= 11 is 0. The zero-order valence-electron chi connectivity index (χ0n) is 12.9. The van der Waals surface area contributed by atoms with E-state index in [4.69, 9.17) is 4.52 Å². The number of anilines is 1. The fourth-order valence-corrected chi connectivity index (χ4v) is 3.60. The highest BCUT2D eigenvalue weighted by atomic mass is 32.2. The molecule has 2 rings (SSSR count). The van der Waals surface area contributed by atoms with Crippen LogP contribution in [0.1, 0.15) is 30.4 Å². The third-order valence-electron chi connectivity index (χ3n) is 3.57. The van der Waals surface area contributed by atoms with Crippen LogP contribution >= 0.6 is 0 Å². The van der Waals surface area contributed by atoms with E-state index in [1.807, 2.05) is 0 Å². The van der Waals surface area contributed by atoms with E-state index in [0.717, 1.165) is 0 Å². The fourth-order valence-electron chi connectivity index (χ4n) is 2.08. The molecular formula is C15H17FN2O4S. The number of hydrogen-bond donors (Lipinski definition) is 1. The van der Waals surface area contributed by atoms with Gasteiger partial charge in [-0.2, -0.15) is 0 Å². The van der Waals surface area contributed by atoms with Gasteiger partial charge in [0, 0.05) is 11.6 Å². The second-order valence-electron chi connectivity index (χ2n) is 5.22. The lowest BCUT2D eigenvalue weighted by Crippen LogP contribution is -2.35. The topological polar surface area (TPSA) is 89.3 Å². The molecule has 1 heterocycles. The molecule has 2 aromatic rings. The van der Waals surface area contributed by atoms with Gasteiger partial charge >= 0.3 is 0 Å². The van der Waals surface area contributed by atoms with Crippen LogP contribution in [0.25, 0.3) is 0 Å². The number of carbonyl (C=O) groups excluding carboxylic acids is 1. The number of hydrogen-bond acceptors (Lipinski definition) is 5. The normalized spacial score (nSPS) is 14.3. The van der Waals surface area contributed by atoms with Crippen molar-refractivity contribution >= 4 is 21.6 Å². The van der Waals surface area contributed by atoms with Crippen LogP contribution in [0.15, 0.2) is 34.9 Å². The van der Waals surface area contributed by atoms with Gasteiger partial charge < -0.3 is 4.52 Å². The molecule has 1 N–H and O–H groups in total. The predicted molar refractivity (Wildman–Crippen MR) is 83.1 cm³/mol. The molecule has 1 amide bonds. The summed E-state index contributed by atoms with van der Waals surface area (Å²) in [4.78, 5) is 12.1. The first-order valence-corrected chi connectivity index (χ1v) is 8.55. The van der Waals surface area contributed by atoms with Gasteiger partial charge in [0.15, 0.2) is 9.84 Å². The zero-order valence-corrected chi connectivity index (χ0v) is 13.7. The molecule has 0 spiro atoms. The molecule has 0 aliphatic heterocycles. The summed E-state index contributed by atoms with van der Waals surface area (Å²) in [6.07, 6.45) is 0. The van der Waals surface area contributed by atoms with Gasteiger partial charge in [-0.1, -0.05) is 23.4 Å². The summed E-state index contributed by atoms with van der Waals surface area (Å²) in [5, 5.41) is 3.42. The standard InChI is InChI=1S/C15H17FN2O4S/c1-9-8-14(22-18-9)17-15(19)11(3)23(20,21)10(2)12-6-4-5-7-13(12)16/h4-8,10-11H,1-3H3,(H,17,19)/t10-,11-/m0/s1. The Morgan fingerprint density at radius 1 is 1.30 bits per heavy atom. The predicted octanol–water partition coefficient (Wildman–Crippen LogP) is 2.63. The molecule has 124 valence electrons. The maximum atomic E-state index is 13.8. The number of rotatable bonds is 5. The van der Waals surface area contributed by atoms with Crippen LogP contribution < -0.4 is 5.32 Å². The van der Waals surface area contributed by atoms with Crippen molar-refractivity contribution in [3.05, 3.63) is 47.4 Å². The van der Waals surface area contributed by atoms with E-state index in [9.17, 15) is 17.6 Å². The second kappa shape index (κ2) is 6.49. The zero-order chi connectivity index (χ0) is 17.2. The van der Waals surface area contributed by atoms with E-state index in [1.165, 1.54) is 38.1 Å². The minimum atomic E-state index is -3.94. The average molecular weight is 340 g/mol. The van der Waals surface area contributed by atoms with E-state index in [2.05, 4.69) is 10.5 Å². The third kappa shape index (κ3) is 3.58. The molecule has 23 heavy (non-hydrogen) atoms. The average Bonchev–Trinajstić information content (AvgIpc) is 2.91. The van der Waals surface area contributed by atoms with Crippen LogP contribution in [0.4, 0.5) is 10.3 Å². The van der Waals surface area contributed by atoms with Gasteiger partial charge in [0.05, 0.1) is 10.9 Å². The van der Waals surface area contributed by atoms with Crippen molar-refractivity contribution in [2.75, 3.05) is 5.32 Å². The number of aromatic nitrogens is 1. The third-order valence-corrected chi connectivity index (χ3v) is 6.01. The number of sulfone groups is 1. The van der Waals surface area contributed by atoms with Crippen LogP contribution in [0.2, 0.25) is 0 Å². The van der Waals surface area contributed by atoms with Crippen LogP contribution in [0.3, 0.4) is 0 Å². The molecule has 1 aromatic heterocycles. The molecule has 2 atom stereocenters. The summed E-state index contributed by atoms with van der Waals surface area (Å²) in [6.45, 7) is 4.28. The summed E-state index contributed by atoms with van der Waals surface area (Å²) in [7, 11) is -3.94. The highest BCUT2D eigenvalue weighted by Gasteiger charge is 2.35. The Balaban J connectivity index is 2.21. The minimum absolute atomic E-state index is 0.0302. The molecule has 0 bridgehead atoms. The first-order valence-electron chi connectivity index (χ1n) is 6.94. The molecule has 6 nitrogen and oxygen atoms in total. The van der Waals surface area contributed by atoms with E-state index in [1.54, 1.807) is 13.0 Å². The smallest absolute Gasteiger partial charge is 0.244 e. The molecule has 0 radical (unpaired) electrons.